The summed E-state index contributed by atoms with van der Waals surface area (Å²) >= 11 is 0. The average Bonchev–Trinajstić information content (AvgIpc) is 2.69. The molecule has 1 amide bonds. The smallest absolute Gasteiger partial charge is 0.274 e. The molecule has 0 radical (unpaired) electrons. The number of hydrogen-bond acceptors (Lipinski definition) is 4. The van der Waals surface area contributed by atoms with Gasteiger partial charge < -0.3 is 15.0 Å². The summed E-state index contributed by atoms with van der Waals surface area (Å²) in [4.78, 5) is 19.2. The second kappa shape index (κ2) is 8.12. The first-order chi connectivity index (χ1) is 12.2. The minimum absolute atomic E-state index is 0.163. The van der Waals surface area contributed by atoms with Crippen LogP contribution in [0.25, 0.3) is 0 Å². The zero-order valence-electron chi connectivity index (χ0n) is 14.9. The molecular formula is C20H25N3O2. The first-order valence-corrected chi connectivity index (χ1v) is 8.93. The molecule has 1 aliphatic rings. The van der Waals surface area contributed by atoms with Crippen LogP contribution in [0, 0.1) is 0 Å². The lowest BCUT2D eigenvalue weighted by Crippen LogP contribution is -2.36. The van der Waals surface area contributed by atoms with Gasteiger partial charge >= 0.3 is 0 Å². The summed E-state index contributed by atoms with van der Waals surface area (Å²) in [6.07, 6.45) is 3.53. The summed E-state index contributed by atoms with van der Waals surface area (Å²) in [5.74, 6) is -0.163. The van der Waals surface area contributed by atoms with Crippen LogP contribution in [-0.4, -0.2) is 37.2 Å². The van der Waals surface area contributed by atoms with Crippen LogP contribution >= 0.6 is 0 Å². The fourth-order valence-corrected chi connectivity index (χ4v) is 3.11. The van der Waals surface area contributed by atoms with Crippen molar-refractivity contribution in [3.05, 3.63) is 53.3 Å². The first kappa shape index (κ1) is 17.4. The Morgan fingerprint density at radius 3 is 2.36 bits per heavy atom. The van der Waals surface area contributed by atoms with E-state index >= 15 is 0 Å². The minimum atomic E-state index is -0.163. The van der Waals surface area contributed by atoms with Gasteiger partial charge in [0.15, 0.2) is 0 Å². The number of aromatic nitrogens is 1. The van der Waals surface area contributed by atoms with Gasteiger partial charge in [0.25, 0.3) is 5.91 Å². The molecule has 1 aromatic heterocycles. The highest BCUT2D eigenvalue weighted by Crippen LogP contribution is 2.23. The second-order valence-corrected chi connectivity index (χ2v) is 6.11. The number of carbonyl (C=O) groups is 1. The van der Waals surface area contributed by atoms with Gasteiger partial charge in [-0.2, -0.15) is 0 Å². The van der Waals surface area contributed by atoms with E-state index in [4.69, 9.17) is 4.74 Å². The molecule has 3 rings (SSSR count). The second-order valence-electron chi connectivity index (χ2n) is 6.11. The van der Waals surface area contributed by atoms with Gasteiger partial charge in [-0.1, -0.05) is 32.0 Å². The van der Waals surface area contributed by atoms with Gasteiger partial charge in [-0.3, -0.25) is 4.79 Å². The fraction of sp³-hybridized carbons (Fsp3) is 0.400. The van der Waals surface area contributed by atoms with E-state index in [1.54, 1.807) is 12.3 Å². The maximum Gasteiger partial charge on any atom is 0.274 e. The van der Waals surface area contributed by atoms with Crippen molar-refractivity contribution in [2.24, 2.45) is 0 Å². The van der Waals surface area contributed by atoms with E-state index in [-0.39, 0.29) is 5.91 Å². The summed E-state index contributed by atoms with van der Waals surface area (Å²) in [5.41, 5.74) is 4.69. The van der Waals surface area contributed by atoms with Gasteiger partial charge in [0, 0.05) is 18.8 Å². The zero-order chi connectivity index (χ0) is 17.6. The largest absolute Gasteiger partial charge is 0.378 e. The summed E-state index contributed by atoms with van der Waals surface area (Å²) in [7, 11) is 0. The van der Waals surface area contributed by atoms with E-state index in [0.29, 0.717) is 5.69 Å². The van der Waals surface area contributed by atoms with Gasteiger partial charge in [0.2, 0.25) is 0 Å². The van der Waals surface area contributed by atoms with Crippen molar-refractivity contribution >= 4 is 17.3 Å². The highest BCUT2D eigenvalue weighted by Gasteiger charge is 2.15. The van der Waals surface area contributed by atoms with Crippen molar-refractivity contribution < 1.29 is 9.53 Å². The van der Waals surface area contributed by atoms with Crippen molar-refractivity contribution in [1.82, 2.24) is 4.98 Å². The number of nitrogens with zero attached hydrogens (tertiary/aromatic N) is 2. The number of anilines is 2. The third-order valence-corrected chi connectivity index (χ3v) is 4.59. The summed E-state index contributed by atoms with van der Waals surface area (Å²) < 4.78 is 5.37. The molecule has 1 aromatic carbocycles. The van der Waals surface area contributed by atoms with Gasteiger partial charge in [0.05, 0.1) is 25.1 Å². The molecule has 1 aliphatic heterocycles. The standard InChI is InChI=1S/C20H25N3O2/c1-3-15-6-5-7-16(4-2)19(15)22-20(24)18-9-8-17(14-21-18)23-10-12-25-13-11-23/h5-9,14H,3-4,10-13H2,1-2H3,(H,22,24). The number of aryl methyl sites for hydroxylation is 2. The number of benzene rings is 1. The van der Waals surface area contributed by atoms with Crippen LogP contribution in [0.2, 0.25) is 0 Å². The van der Waals surface area contributed by atoms with E-state index in [1.165, 1.54) is 0 Å². The molecule has 1 N–H and O–H groups in total. The Morgan fingerprint density at radius 1 is 1.12 bits per heavy atom. The van der Waals surface area contributed by atoms with E-state index in [0.717, 1.165) is 61.6 Å². The van der Waals surface area contributed by atoms with Gasteiger partial charge in [-0.25, -0.2) is 4.98 Å². The fourth-order valence-electron chi connectivity index (χ4n) is 3.11. The third-order valence-electron chi connectivity index (χ3n) is 4.59. The van der Waals surface area contributed by atoms with Crippen LogP contribution in [0.3, 0.4) is 0 Å². The number of carbonyl (C=O) groups excluding carboxylic acids is 1. The van der Waals surface area contributed by atoms with Crippen molar-refractivity contribution in [3.8, 4) is 0 Å². The molecule has 2 heterocycles. The molecule has 5 heteroatoms. The summed E-state index contributed by atoms with van der Waals surface area (Å²) in [6, 6.07) is 9.91. The van der Waals surface area contributed by atoms with Crippen LogP contribution in [-0.2, 0) is 17.6 Å². The van der Waals surface area contributed by atoms with E-state index in [9.17, 15) is 4.79 Å². The third kappa shape index (κ3) is 3.99. The Kier molecular flexibility index (Phi) is 5.66. The lowest BCUT2D eigenvalue weighted by atomic mass is 10.0. The highest BCUT2D eigenvalue weighted by atomic mass is 16.5. The number of hydrogen-bond donors (Lipinski definition) is 1. The van der Waals surface area contributed by atoms with E-state index < -0.39 is 0 Å². The maximum atomic E-state index is 12.6. The van der Waals surface area contributed by atoms with Gasteiger partial charge in [0.1, 0.15) is 5.69 Å². The van der Waals surface area contributed by atoms with Crippen molar-refractivity contribution in [2.75, 3.05) is 36.5 Å². The minimum Gasteiger partial charge on any atom is -0.378 e. The molecule has 0 atom stereocenters. The Labute approximate surface area is 149 Å². The molecule has 1 fully saturated rings. The van der Waals surface area contributed by atoms with Gasteiger partial charge in [-0.15, -0.1) is 0 Å². The SMILES string of the molecule is CCc1cccc(CC)c1NC(=O)c1ccc(N2CCOCC2)cn1. The monoisotopic (exact) mass is 339 g/mol. The Morgan fingerprint density at radius 2 is 1.80 bits per heavy atom. The predicted octanol–water partition coefficient (Wildman–Crippen LogP) is 3.30. The van der Waals surface area contributed by atoms with Gasteiger partial charge in [-0.05, 0) is 36.1 Å². The maximum absolute atomic E-state index is 12.6. The number of morpholine rings is 1. The lowest BCUT2D eigenvalue weighted by molar-refractivity contribution is 0.102. The number of nitrogens with one attached hydrogen (secondary N) is 1. The van der Waals surface area contributed by atoms with Crippen molar-refractivity contribution in [1.29, 1.82) is 0 Å². The molecule has 25 heavy (non-hydrogen) atoms. The topological polar surface area (TPSA) is 54.5 Å². The highest BCUT2D eigenvalue weighted by molar-refractivity contribution is 6.03. The molecule has 2 aromatic rings. The van der Waals surface area contributed by atoms with Crippen molar-refractivity contribution in [3.63, 3.8) is 0 Å². The van der Waals surface area contributed by atoms with Crippen LogP contribution in [0.4, 0.5) is 11.4 Å². The molecule has 0 spiro atoms. The predicted molar refractivity (Wildman–Crippen MR) is 100 cm³/mol. The lowest BCUT2D eigenvalue weighted by Gasteiger charge is -2.28. The number of rotatable bonds is 5. The van der Waals surface area contributed by atoms with Crippen LogP contribution < -0.4 is 10.2 Å². The molecular weight excluding hydrogens is 314 g/mol. The average molecular weight is 339 g/mol. The van der Waals surface area contributed by atoms with E-state index in [1.807, 2.05) is 12.1 Å². The summed E-state index contributed by atoms with van der Waals surface area (Å²) in [6.45, 7) is 7.37. The molecule has 132 valence electrons. The van der Waals surface area contributed by atoms with Crippen molar-refractivity contribution in [2.45, 2.75) is 26.7 Å². The number of para-hydroxylation sites is 1. The molecule has 0 unspecified atom stereocenters. The quantitative estimate of drug-likeness (QED) is 0.908. The molecule has 0 saturated carbocycles. The molecule has 0 bridgehead atoms. The Balaban J connectivity index is 1.75. The summed E-state index contributed by atoms with van der Waals surface area (Å²) in [5, 5.41) is 3.06. The Bertz CT molecular complexity index is 700. The molecule has 5 nitrogen and oxygen atoms in total. The number of amides is 1. The Hall–Kier alpha value is -2.40. The van der Waals surface area contributed by atoms with Crippen LogP contribution in [0.5, 0.6) is 0 Å². The first-order valence-electron chi connectivity index (χ1n) is 8.93. The van der Waals surface area contributed by atoms with E-state index in [2.05, 4.69) is 41.2 Å². The van der Waals surface area contributed by atoms with Crippen LogP contribution in [0.1, 0.15) is 35.5 Å². The number of ether oxygens (including phenoxy) is 1. The molecule has 1 saturated heterocycles. The number of pyridine rings is 1. The van der Waals surface area contributed by atoms with Crippen LogP contribution in [0.15, 0.2) is 36.5 Å². The molecule has 0 aliphatic carbocycles. The normalized spacial score (nSPS) is 14.4. The zero-order valence-corrected chi connectivity index (χ0v) is 14.9.